The van der Waals surface area contributed by atoms with Crippen LogP contribution >= 0.6 is 0 Å². The number of benzene rings is 1. The van der Waals surface area contributed by atoms with Crippen LogP contribution in [0.15, 0.2) is 47.0 Å². The third kappa shape index (κ3) is 5.78. The third-order valence-corrected chi connectivity index (χ3v) is 6.71. The minimum atomic E-state index is 0.475. The van der Waals surface area contributed by atoms with Crippen LogP contribution in [0.4, 0.5) is 0 Å². The molecule has 0 bridgehead atoms. The lowest BCUT2D eigenvalue weighted by Crippen LogP contribution is -2.46. The molecule has 2 saturated heterocycles. The van der Waals surface area contributed by atoms with Gasteiger partial charge in [0, 0.05) is 23.8 Å². The molecule has 0 saturated carbocycles. The first kappa shape index (κ1) is 22.0. The lowest BCUT2D eigenvalue weighted by molar-refractivity contribution is 0.128. The van der Waals surface area contributed by atoms with Crippen LogP contribution in [0.2, 0.25) is 0 Å². The van der Waals surface area contributed by atoms with E-state index in [2.05, 4.69) is 25.3 Å². The van der Waals surface area contributed by atoms with Gasteiger partial charge < -0.3 is 19.5 Å². The smallest absolute Gasteiger partial charge is 0.258 e. The summed E-state index contributed by atoms with van der Waals surface area (Å²) in [5.41, 5.74) is 2.49. The molecule has 4 heterocycles. The second kappa shape index (κ2) is 10.4. The van der Waals surface area contributed by atoms with E-state index in [9.17, 15) is 0 Å². The van der Waals surface area contributed by atoms with Crippen LogP contribution in [-0.2, 0) is 0 Å². The zero-order valence-corrected chi connectivity index (χ0v) is 19.4. The van der Waals surface area contributed by atoms with Crippen LogP contribution in [-0.4, -0.2) is 58.9 Å². The van der Waals surface area contributed by atoms with Crippen LogP contribution < -0.4 is 10.1 Å². The van der Waals surface area contributed by atoms with Crippen molar-refractivity contribution in [2.45, 2.75) is 45.1 Å². The number of aryl methyl sites for hydroxylation is 1. The maximum atomic E-state index is 6.17. The fourth-order valence-corrected chi connectivity index (χ4v) is 4.77. The van der Waals surface area contributed by atoms with Crippen molar-refractivity contribution in [2.24, 2.45) is 5.92 Å². The van der Waals surface area contributed by atoms with E-state index in [4.69, 9.17) is 9.26 Å². The maximum Gasteiger partial charge on any atom is 0.258 e. The lowest BCUT2D eigenvalue weighted by Gasteiger charge is -2.35. The summed E-state index contributed by atoms with van der Waals surface area (Å²) < 4.78 is 11.7. The van der Waals surface area contributed by atoms with Crippen LogP contribution in [0.3, 0.4) is 0 Å². The van der Waals surface area contributed by atoms with Crippen molar-refractivity contribution in [3.8, 4) is 28.7 Å². The molecule has 7 nitrogen and oxygen atoms in total. The van der Waals surface area contributed by atoms with Crippen LogP contribution in [0.1, 0.15) is 37.8 Å². The molecule has 174 valence electrons. The Morgan fingerprint density at radius 3 is 2.76 bits per heavy atom. The number of aromatic nitrogens is 3. The first-order valence-corrected chi connectivity index (χ1v) is 12.2. The fourth-order valence-electron chi connectivity index (χ4n) is 4.77. The number of hydrogen-bond donors (Lipinski definition) is 1. The second-order valence-corrected chi connectivity index (χ2v) is 9.32. The van der Waals surface area contributed by atoms with Gasteiger partial charge in [-0.15, -0.1) is 0 Å². The molecule has 2 aromatic heterocycles. The number of pyridine rings is 1. The first-order chi connectivity index (χ1) is 16.2. The predicted molar refractivity (Wildman–Crippen MR) is 128 cm³/mol. The van der Waals surface area contributed by atoms with E-state index < -0.39 is 0 Å². The zero-order chi connectivity index (χ0) is 22.5. The van der Waals surface area contributed by atoms with E-state index in [-0.39, 0.29) is 0 Å². The molecule has 0 spiro atoms. The molecule has 1 N–H and O–H groups in total. The highest BCUT2D eigenvalue weighted by atomic mass is 16.5. The number of likely N-dealkylation sites (tertiary alicyclic amines) is 1. The molecule has 0 amide bonds. The molecule has 1 aromatic carbocycles. The van der Waals surface area contributed by atoms with Gasteiger partial charge in [0.2, 0.25) is 5.82 Å². The minimum absolute atomic E-state index is 0.475. The van der Waals surface area contributed by atoms with Crippen molar-refractivity contribution in [1.82, 2.24) is 25.3 Å². The van der Waals surface area contributed by atoms with E-state index in [0.29, 0.717) is 29.4 Å². The normalized spacial score (nSPS) is 20.1. The average molecular weight is 448 g/mol. The van der Waals surface area contributed by atoms with Gasteiger partial charge in [-0.25, -0.2) is 4.98 Å². The molecular weight excluding hydrogens is 414 g/mol. The molecule has 0 aliphatic carbocycles. The van der Waals surface area contributed by atoms with Crippen molar-refractivity contribution in [2.75, 3.05) is 32.8 Å². The quantitative estimate of drug-likeness (QED) is 0.577. The SMILES string of the molecule is Cc1cccc(-c2noc(-c3cccc(OCC4CCN(CC5CCCCN5)CC4)c3)n2)n1. The standard InChI is InChI=1S/C26H33N5O2/c1-19-6-4-10-24(28-19)25-29-26(33-30-25)21-7-5-9-23(16-21)32-18-20-11-14-31(15-12-20)17-22-8-2-3-13-27-22/h4-7,9-10,16,20,22,27H,2-3,8,11-15,17-18H2,1H3. The van der Waals surface area contributed by atoms with Crippen molar-refractivity contribution in [1.29, 1.82) is 0 Å². The second-order valence-electron chi connectivity index (χ2n) is 9.32. The lowest BCUT2D eigenvalue weighted by atomic mass is 9.96. The Kier molecular flexibility index (Phi) is 6.98. The van der Waals surface area contributed by atoms with Gasteiger partial charge in [-0.3, -0.25) is 0 Å². The molecular formula is C26H33N5O2. The molecule has 1 unspecified atom stereocenters. The molecule has 33 heavy (non-hydrogen) atoms. The Bertz CT molecular complexity index is 1040. The largest absolute Gasteiger partial charge is 0.493 e. The van der Waals surface area contributed by atoms with Gasteiger partial charge in [-0.2, -0.15) is 4.98 Å². The highest BCUT2D eigenvalue weighted by molar-refractivity contribution is 5.59. The summed E-state index contributed by atoms with van der Waals surface area (Å²) in [4.78, 5) is 11.6. The van der Waals surface area contributed by atoms with Gasteiger partial charge in [0.15, 0.2) is 0 Å². The Morgan fingerprint density at radius 1 is 1.06 bits per heavy atom. The highest BCUT2D eigenvalue weighted by Gasteiger charge is 2.23. The topological polar surface area (TPSA) is 76.3 Å². The predicted octanol–water partition coefficient (Wildman–Crippen LogP) is 4.34. The average Bonchev–Trinajstić information content (AvgIpc) is 3.35. The summed E-state index contributed by atoms with van der Waals surface area (Å²) in [6.07, 6.45) is 6.41. The molecule has 2 fully saturated rings. The van der Waals surface area contributed by atoms with Crippen molar-refractivity contribution in [3.05, 3.63) is 48.2 Å². The summed E-state index contributed by atoms with van der Waals surface area (Å²) in [7, 11) is 0. The first-order valence-electron chi connectivity index (χ1n) is 12.2. The van der Waals surface area contributed by atoms with Crippen molar-refractivity contribution in [3.63, 3.8) is 0 Å². The van der Waals surface area contributed by atoms with Crippen LogP contribution in [0, 0.1) is 12.8 Å². The van der Waals surface area contributed by atoms with E-state index >= 15 is 0 Å². The highest BCUT2D eigenvalue weighted by Crippen LogP contribution is 2.26. The summed E-state index contributed by atoms with van der Waals surface area (Å²) in [6.45, 7) is 7.42. The summed E-state index contributed by atoms with van der Waals surface area (Å²) in [6, 6.07) is 14.4. The number of hydrogen-bond acceptors (Lipinski definition) is 7. The summed E-state index contributed by atoms with van der Waals surface area (Å²) in [5, 5.41) is 7.77. The molecule has 7 heteroatoms. The van der Waals surface area contributed by atoms with E-state index in [1.54, 1.807) is 0 Å². The fraction of sp³-hybridized carbons (Fsp3) is 0.500. The Morgan fingerprint density at radius 2 is 1.94 bits per heavy atom. The van der Waals surface area contributed by atoms with Crippen molar-refractivity contribution >= 4 is 0 Å². The maximum absolute atomic E-state index is 6.17. The van der Waals surface area contributed by atoms with Crippen molar-refractivity contribution < 1.29 is 9.26 Å². The molecule has 0 radical (unpaired) electrons. The zero-order valence-electron chi connectivity index (χ0n) is 19.4. The number of nitrogens with zero attached hydrogens (tertiary/aromatic N) is 4. The summed E-state index contributed by atoms with van der Waals surface area (Å²) in [5.74, 6) is 2.42. The van der Waals surface area contributed by atoms with Crippen LogP contribution in [0.25, 0.3) is 23.0 Å². The molecule has 2 aliphatic heterocycles. The van der Waals surface area contributed by atoms with E-state index in [1.807, 2.05) is 49.4 Å². The van der Waals surface area contributed by atoms with Gasteiger partial charge >= 0.3 is 0 Å². The molecule has 2 aliphatic rings. The number of ether oxygens (including phenoxy) is 1. The number of rotatable bonds is 7. The molecule has 3 aromatic rings. The molecule has 5 rings (SSSR count). The Balaban J connectivity index is 1.13. The van der Waals surface area contributed by atoms with Gasteiger partial charge in [-0.1, -0.05) is 23.7 Å². The van der Waals surface area contributed by atoms with E-state index in [0.717, 1.165) is 23.6 Å². The third-order valence-electron chi connectivity index (χ3n) is 6.71. The van der Waals surface area contributed by atoms with Gasteiger partial charge in [-0.05, 0) is 88.5 Å². The molecule has 1 atom stereocenters. The number of piperidine rings is 2. The Labute approximate surface area is 195 Å². The van der Waals surface area contributed by atoms with Gasteiger partial charge in [0.05, 0.1) is 6.61 Å². The van der Waals surface area contributed by atoms with Crippen LogP contribution in [0.5, 0.6) is 5.75 Å². The summed E-state index contributed by atoms with van der Waals surface area (Å²) >= 11 is 0. The van der Waals surface area contributed by atoms with E-state index in [1.165, 1.54) is 58.3 Å². The van der Waals surface area contributed by atoms with Gasteiger partial charge in [0.25, 0.3) is 5.89 Å². The minimum Gasteiger partial charge on any atom is -0.493 e. The Hall–Kier alpha value is -2.77. The number of nitrogens with one attached hydrogen (secondary N) is 1. The van der Waals surface area contributed by atoms with Gasteiger partial charge in [0.1, 0.15) is 11.4 Å². The monoisotopic (exact) mass is 447 g/mol.